The first-order valence-electron chi connectivity index (χ1n) is 10.7. The van der Waals surface area contributed by atoms with E-state index in [2.05, 4.69) is 5.32 Å². The van der Waals surface area contributed by atoms with Gasteiger partial charge in [-0.05, 0) is 55.0 Å². The Hall–Kier alpha value is -4.72. The molecule has 3 aromatic rings. The molecule has 3 aromatic carbocycles. The summed E-state index contributed by atoms with van der Waals surface area (Å²) in [7, 11) is 1.54. The van der Waals surface area contributed by atoms with Crippen LogP contribution in [0.15, 0.2) is 78.5 Å². The number of imide groups is 1. The minimum Gasteiger partial charge on any atom is -0.497 e. The number of nitrogens with one attached hydrogen (secondary N) is 1. The van der Waals surface area contributed by atoms with Crippen LogP contribution in [0.5, 0.6) is 5.75 Å². The number of amides is 3. The number of aryl methyl sites for hydroxylation is 1. The van der Waals surface area contributed by atoms with Gasteiger partial charge in [-0.1, -0.05) is 42.0 Å². The average molecular weight is 470 g/mol. The number of benzene rings is 3. The summed E-state index contributed by atoms with van der Waals surface area (Å²) >= 11 is 0. The number of methoxy groups -OCH3 is 1. The van der Waals surface area contributed by atoms with E-state index >= 15 is 0 Å². The molecule has 1 aliphatic rings. The summed E-state index contributed by atoms with van der Waals surface area (Å²) in [5.41, 5.74) is 2.27. The molecular weight excluding hydrogens is 448 g/mol. The molecule has 0 saturated carbocycles. The molecule has 0 aliphatic carbocycles. The predicted molar refractivity (Wildman–Crippen MR) is 128 cm³/mol. The smallest absolute Gasteiger partial charge is 0.356 e. The van der Waals surface area contributed by atoms with Crippen LogP contribution in [-0.4, -0.2) is 42.4 Å². The number of carbonyl (C=O) groups is 4. The molecule has 8 heteroatoms. The maximum atomic E-state index is 13.0. The molecule has 3 amide bonds. The van der Waals surface area contributed by atoms with E-state index in [4.69, 9.17) is 9.47 Å². The number of fused-ring (bicyclic) bond motifs is 1. The third-order valence-corrected chi connectivity index (χ3v) is 5.41. The number of hydrogen-bond acceptors (Lipinski definition) is 6. The van der Waals surface area contributed by atoms with Crippen molar-refractivity contribution in [3.05, 3.63) is 106 Å². The van der Waals surface area contributed by atoms with Crippen LogP contribution < -0.4 is 10.1 Å². The molecule has 0 bridgehead atoms. The fraction of sp³-hybridized carbons (Fsp3) is 0.111. The lowest BCUT2D eigenvalue weighted by atomic mass is 10.1. The highest BCUT2D eigenvalue weighted by molar-refractivity contribution is 6.21. The first-order chi connectivity index (χ1) is 16.9. The zero-order valence-electron chi connectivity index (χ0n) is 19.1. The van der Waals surface area contributed by atoms with Crippen molar-refractivity contribution < 1.29 is 28.7 Å². The molecule has 0 radical (unpaired) electrons. The third kappa shape index (κ3) is 5.11. The van der Waals surface area contributed by atoms with Crippen LogP contribution in [0.25, 0.3) is 6.08 Å². The summed E-state index contributed by atoms with van der Waals surface area (Å²) in [4.78, 5) is 51.7. The van der Waals surface area contributed by atoms with Crippen LogP contribution in [-0.2, 0) is 9.53 Å². The summed E-state index contributed by atoms with van der Waals surface area (Å²) in [6, 6.07) is 20.0. The Labute approximate surface area is 201 Å². The van der Waals surface area contributed by atoms with Crippen molar-refractivity contribution in [3.63, 3.8) is 0 Å². The van der Waals surface area contributed by atoms with Crippen molar-refractivity contribution in [2.24, 2.45) is 0 Å². The maximum Gasteiger partial charge on any atom is 0.356 e. The van der Waals surface area contributed by atoms with Crippen LogP contribution in [0.4, 0.5) is 0 Å². The van der Waals surface area contributed by atoms with Gasteiger partial charge in [0.1, 0.15) is 11.4 Å². The molecule has 0 saturated heterocycles. The first-order valence-corrected chi connectivity index (χ1v) is 10.7. The second-order valence-electron chi connectivity index (χ2n) is 7.80. The summed E-state index contributed by atoms with van der Waals surface area (Å²) in [5.74, 6) is -1.90. The number of rotatable bonds is 7. The molecule has 0 unspecified atom stereocenters. The van der Waals surface area contributed by atoms with E-state index in [1.807, 2.05) is 6.92 Å². The van der Waals surface area contributed by atoms with E-state index in [1.54, 1.807) is 60.7 Å². The zero-order chi connectivity index (χ0) is 24.9. The van der Waals surface area contributed by atoms with Gasteiger partial charge >= 0.3 is 5.97 Å². The van der Waals surface area contributed by atoms with Crippen molar-refractivity contribution in [1.82, 2.24) is 10.2 Å². The van der Waals surface area contributed by atoms with E-state index in [-0.39, 0.29) is 16.8 Å². The molecule has 35 heavy (non-hydrogen) atoms. The maximum absolute atomic E-state index is 13.0. The first kappa shape index (κ1) is 23.4. The molecule has 4 rings (SSSR count). The van der Waals surface area contributed by atoms with Crippen LogP contribution in [0.1, 0.15) is 42.2 Å². The van der Waals surface area contributed by atoms with Gasteiger partial charge in [0.15, 0.2) is 6.73 Å². The van der Waals surface area contributed by atoms with E-state index in [9.17, 15) is 19.2 Å². The summed E-state index contributed by atoms with van der Waals surface area (Å²) in [5, 5.41) is 2.57. The van der Waals surface area contributed by atoms with Gasteiger partial charge in [0.25, 0.3) is 17.7 Å². The lowest BCUT2D eigenvalue weighted by Gasteiger charge is -2.15. The minimum absolute atomic E-state index is 0.155. The molecule has 1 N–H and O–H groups in total. The Bertz CT molecular complexity index is 1290. The van der Waals surface area contributed by atoms with Crippen LogP contribution >= 0.6 is 0 Å². The van der Waals surface area contributed by atoms with Gasteiger partial charge in [-0.25, -0.2) is 9.69 Å². The predicted octanol–water partition coefficient (Wildman–Crippen LogP) is 3.57. The quantitative estimate of drug-likeness (QED) is 0.322. The lowest BCUT2D eigenvalue weighted by molar-refractivity contribution is -0.141. The van der Waals surface area contributed by atoms with Gasteiger partial charge in [-0.15, -0.1) is 0 Å². The Kier molecular flexibility index (Phi) is 6.73. The fourth-order valence-electron chi connectivity index (χ4n) is 3.47. The van der Waals surface area contributed by atoms with Gasteiger partial charge < -0.3 is 14.8 Å². The minimum atomic E-state index is -0.905. The Morgan fingerprint density at radius 2 is 1.49 bits per heavy atom. The van der Waals surface area contributed by atoms with Gasteiger partial charge in [0.2, 0.25) is 0 Å². The van der Waals surface area contributed by atoms with Gasteiger partial charge in [0.05, 0.1) is 18.2 Å². The van der Waals surface area contributed by atoms with E-state index < -0.39 is 30.4 Å². The molecule has 1 aliphatic heterocycles. The molecular formula is C27H22N2O6. The Morgan fingerprint density at radius 3 is 2.06 bits per heavy atom. The monoisotopic (exact) mass is 470 g/mol. The molecule has 0 atom stereocenters. The molecule has 176 valence electrons. The number of hydrogen-bond donors (Lipinski definition) is 1. The normalized spacial score (nSPS) is 12.9. The average Bonchev–Trinajstić information content (AvgIpc) is 3.12. The number of ether oxygens (including phenoxy) is 2. The third-order valence-electron chi connectivity index (χ3n) is 5.41. The van der Waals surface area contributed by atoms with Crippen LogP contribution in [0.3, 0.4) is 0 Å². The molecule has 0 aromatic heterocycles. The summed E-state index contributed by atoms with van der Waals surface area (Å²) in [6.07, 6.45) is 1.44. The van der Waals surface area contributed by atoms with E-state index in [0.29, 0.717) is 16.9 Å². The van der Waals surface area contributed by atoms with Crippen molar-refractivity contribution in [1.29, 1.82) is 0 Å². The zero-order valence-corrected chi connectivity index (χ0v) is 19.1. The van der Waals surface area contributed by atoms with Crippen LogP contribution in [0.2, 0.25) is 0 Å². The van der Waals surface area contributed by atoms with Crippen molar-refractivity contribution >= 4 is 29.8 Å². The highest BCUT2D eigenvalue weighted by atomic mass is 16.5. The Balaban J connectivity index is 1.54. The van der Waals surface area contributed by atoms with Gasteiger partial charge in [0, 0.05) is 5.56 Å². The van der Waals surface area contributed by atoms with Crippen molar-refractivity contribution in [2.45, 2.75) is 6.92 Å². The topological polar surface area (TPSA) is 102 Å². The van der Waals surface area contributed by atoms with E-state index in [0.717, 1.165) is 10.5 Å². The fourth-order valence-corrected chi connectivity index (χ4v) is 3.47. The standard InChI is InChI=1S/C27H22N2O6/c1-17-7-11-19(12-8-17)24(30)28-23(15-18-9-13-20(34-2)14-10-18)27(33)35-16-29-25(31)21-5-3-4-6-22(21)26(29)32/h3-15H,16H2,1-2H3,(H,28,30)/b23-15-. The SMILES string of the molecule is COc1ccc(/C=C(\NC(=O)c2ccc(C)cc2)C(=O)OCN2C(=O)c3ccccc3C2=O)cc1. The second kappa shape index (κ2) is 10.0. The molecule has 1 heterocycles. The lowest BCUT2D eigenvalue weighted by Crippen LogP contribution is -2.35. The van der Waals surface area contributed by atoms with E-state index in [1.165, 1.54) is 25.3 Å². The summed E-state index contributed by atoms with van der Waals surface area (Å²) < 4.78 is 10.4. The number of carbonyl (C=O) groups excluding carboxylic acids is 4. The number of esters is 1. The van der Waals surface area contributed by atoms with Gasteiger partial charge in [-0.2, -0.15) is 0 Å². The van der Waals surface area contributed by atoms with Gasteiger partial charge in [-0.3, -0.25) is 14.4 Å². The van der Waals surface area contributed by atoms with Crippen molar-refractivity contribution in [2.75, 3.05) is 13.8 Å². The molecule has 0 fully saturated rings. The highest BCUT2D eigenvalue weighted by Crippen LogP contribution is 2.22. The molecule has 0 spiro atoms. The second-order valence-corrected chi connectivity index (χ2v) is 7.80. The molecule has 8 nitrogen and oxygen atoms in total. The Morgan fingerprint density at radius 1 is 0.886 bits per heavy atom. The summed E-state index contributed by atoms with van der Waals surface area (Å²) in [6.45, 7) is 1.30. The van der Waals surface area contributed by atoms with Crippen LogP contribution in [0, 0.1) is 6.92 Å². The highest BCUT2D eigenvalue weighted by Gasteiger charge is 2.36. The number of nitrogens with zero attached hydrogens (tertiary/aromatic N) is 1. The largest absolute Gasteiger partial charge is 0.497 e. The van der Waals surface area contributed by atoms with Crippen molar-refractivity contribution in [3.8, 4) is 5.75 Å².